The number of carbonyl (C=O) groups excluding carboxylic acids is 2. The molecular weight excluding hydrogens is 613 g/mol. The Balaban J connectivity index is 1.34. The molecular formula is C33H33ClFN7O4. The van der Waals surface area contributed by atoms with Crippen molar-refractivity contribution in [3.05, 3.63) is 100 Å². The molecule has 238 valence electrons. The summed E-state index contributed by atoms with van der Waals surface area (Å²) in [5.41, 5.74) is 3.19. The van der Waals surface area contributed by atoms with Gasteiger partial charge in [0.15, 0.2) is 11.5 Å². The first-order valence-electron chi connectivity index (χ1n) is 15.0. The number of hydrogen-bond acceptors (Lipinski definition) is 7. The van der Waals surface area contributed by atoms with E-state index in [1.807, 2.05) is 12.1 Å². The van der Waals surface area contributed by atoms with Crippen LogP contribution >= 0.6 is 11.6 Å². The zero-order valence-corrected chi connectivity index (χ0v) is 26.1. The van der Waals surface area contributed by atoms with Crippen molar-refractivity contribution in [2.24, 2.45) is 0 Å². The van der Waals surface area contributed by atoms with E-state index in [0.717, 1.165) is 41.9 Å². The third-order valence-corrected chi connectivity index (χ3v) is 9.02. The standard InChI is InChI=1S/C33H33ClFN7O4/c1-39(2)22-13-16-40(17-14-22)27-7-3-5-24-23(27)15-18-41(30(24)31(43)36-21-11-9-20(10-12-21)33(45)46)32(44)26-19-42(38-37-26)28-8-4-6-25(34)29(28)35/h3-12,19,22,30H,13-18H2,1-2H3,(H,36,43)(H,45,46)/t30-/m1/s1. The molecule has 1 aromatic heterocycles. The van der Waals surface area contributed by atoms with Crippen molar-refractivity contribution >= 4 is 40.8 Å². The van der Waals surface area contributed by atoms with Gasteiger partial charge in [-0.2, -0.15) is 0 Å². The predicted octanol–water partition coefficient (Wildman–Crippen LogP) is 4.67. The van der Waals surface area contributed by atoms with Crippen LogP contribution in [0.3, 0.4) is 0 Å². The van der Waals surface area contributed by atoms with Crippen LogP contribution in [-0.4, -0.2) is 87.5 Å². The van der Waals surface area contributed by atoms with E-state index in [0.29, 0.717) is 23.7 Å². The van der Waals surface area contributed by atoms with Crippen molar-refractivity contribution in [2.75, 3.05) is 43.9 Å². The fraction of sp³-hybridized carbons (Fsp3) is 0.303. The summed E-state index contributed by atoms with van der Waals surface area (Å²) >= 11 is 5.95. The Hall–Kier alpha value is -4.81. The van der Waals surface area contributed by atoms with Gasteiger partial charge in [-0.3, -0.25) is 9.59 Å². The number of aromatic carboxylic acids is 1. The van der Waals surface area contributed by atoms with Crippen LogP contribution in [-0.2, 0) is 11.2 Å². The molecule has 2 aliphatic heterocycles. The largest absolute Gasteiger partial charge is 0.478 e. The number of halogens is 2. The molecule has 3 aromatic carbocycles. The van der Waals surface area contributed by atoms with Gasteiger partial charge < -0.3 is 25.1 Å². The van der Waals surface area contributed by atoms with E-state index < -0.39 is 29.6 Å². The first-order valence-corrected chi connectivity index (χ1v) is 15.3. The third-order valence-electron chi connectivity index (χ3n) is 8.73. The van der Waals surface area contributed by atoms with E-state index >= 15 is 0 Å². The van der Waals surface area contributed by atoms with Crippen LogP contribution in [0.1, 0.15) is 50.9 Å². The highest BCUT2D eigenvalue weighted by atomic mass is 35.5. The van der Waals surface area contributed by atoms with Gasteiger partial charge >= 0.3 is 5.97 Å². The van der Waals surface area contributed by atoms with Crippen LogP contribution in [0.15, 0.2) is 66.9 Å². The molecule has 46 heavy (non-hydrogen) atoms. The lowest BCUT2D eigenvalue weighted by Crippen LogP contribution is -2.46. The van der Waals surface area contributed by atoms with Gasteiger partial charge in [-0.25, -0.2) is 13.9 Å². The lowest BCUT2D eigenvalue weighted by molar-refractivity contribution is -0.121. The molecule has 1 fully saturated rings. The summed E-state index contributed by atoms with van der Waals surface area (Å²) in [5.74, 6) is -2.79. The second kappa shape index (κ2) is 12.9. The summed E-state index contributed by atoms with van der Waals surface area (Å²) in [6, 6.07) is 15.6. The summed E-state index contributed by atoms with van der Waals surface area (Å²) in [6.45, 7) is 1.97. The van der Waals surface area contributed by atoms with Gasteiger partial charge in [0.1, 0.15) is 11.7 Å². The molecule has 2 N–H and O–H groups in total. The Morgan fingerprint density at radius 3 is 2.37 bits per heavy atom. The van der Waals surface area contributed by atoms with Crippen molar-refractivity contribution < 1.29 is 23.9 Å². The molecule has 11 nitrogen and oxygen atoms in total. The van der Waals surface area contributed by atoms with E-state index in [-0.39, 0.29) is 28.5 Å². The molecule has 13 heteroatoms. The van der Waals surface area contributed by atoms with Gasteiger partial charge in [0, 0.05) is 37.1 Å². The lowest BCUT2D eigenvalue weighted by Gasteiger charge is -2.41. The number of amides is 2. The van der Waals surface area contributed by atoms with E-state index in [1.165, 1.54) is 47.5 Å². The van der Waals surface area contributed by atoms with Crippen LogP contribution in [0.5, 0.6) is 0 Å². The van der Waals surface area contributed by atoms with E-state index in [1.54, 1.807) is 6.07 Å². The molecule has 6 rings (SSSR count). The van der Waals surface area contributed by atoms with Gasteiger partial charge in [0.25, 0.3) is 11.8 Å². The minimum Gasteiger partial charge on any atom is -0.478 e. The zero-order valence-electron chi connectivity index (χ0n) is 25.4. The van der Waals surface area contributed by atoms with Gasteiger partial charge in [0.2, 0.25) is 0 Å². The number of nitrogens with one attached hydrogen (secondary N) is 1. The average molecular weight is 646 g/mol. The second-order valence-electron chi connectivity index (χ2n) is 11.7. The SMILES string of the molecule is CN(C)C1CCN(c2cccc3c2CCN(C(=O)c2cn(-c4cccc(Cl)c4F)nn2)[C@H]3C(=O)Nc2ccc(C(=O)O)cc2)CC1. The number of carboxylic acids is 1. The number of carboxylic acid groups (broad SMARTS) is 1. The fourth-order valence-electron chi connectivity index (χ4n) is 6.27. The molecule has 0 unspecified atom stereocenters. The number of fused-ring (bicyclic) bond motifs is 1. The number of aromatic nitrogens is 3. The molecule has 2 aliphatic rings. The Labute approximate surface area is 270 Å². The molecule has 3 heterocycles. The summed E-state index contributed by atoms with van der Waals surface area (Å²) in [5, 5.41) is 20.0. The molecule has 0 aliphatic carbocycles. The Kier molecular flexibility index (Phi) is 8.74. The number of hydrogen-bond donors (Lipinski definition) is 2. The number of benzene rings is 3. The summed E-state index contributed by atoms with van der Waals surface area (Å²) in [4.78, 5) is 45.5. The van der Waals surface area contributed by atoms with E-state index in [4.69, 9.17) is 11.6 Å². The molecule has 1 atom stereocenters. The molecule has 0 saturated carbocycles. The Morgan fingerprint density at radius 1 is 0.978 bits per heavy atom. The number of nitrogens with zero attached hydrogens (tertiary/aromatic N) is 6. The van der Waals surface area contributed by atoms with Crippen molar-refractivity contribution in [3.8, 4) is 5.69 Å². The fourth-order valence-corrected chi connectivity index (χ4v) is 6.44. The van der Waals surface area contributed by atoms with E-state index in [2.05, 4.69) is 45.6 Å². The maximum Gasteiger partial charge on any atom is 0.335 e. The van der Waals surface area contributed by atoms with Crippen LogP contribution in [0.4, 0.5) is 15.8 Å². The topological polar surface area (TPSA) is 124 Å². The zero-order chi connectivity index (χ0) is 32.5. The van der Waals surface area contributed by atoms with E-state index in [9.17, 15) is 23.9 Å². The second-order valence-corrected chi connectivity index (χ2v) is 12.1. The average Bonchev–Trinajstić information content (AvgIpc) is 3.55. The van der Waals surface area contributed by atoms with Crippen LogP contribution in [0.25, 0.3) is 5.69 Å². The van der Waals surface area contributed by atoms with Crippen LogP contribution < -0.4 is 10.2 Å². The maximum absolute atomic E-state index is 14.7. The van der Waals surface area contributed by atoms with Gasteiger partial charge in [0.05, 0.1) is 16.8 Å². The highest BCUT2D eigenvalue weighted by molar-refractivity contribution is 6.30. The molecule has 0 bridgehead atoms. The quantitative estimate of drug-likeness (QED) is 0.297. The highest BCUT2D eigenvalue weighted by Gasteiger charge is 2.39. The third kappa shape index (κ3) is 6.05. The maximum atomic E-state index is 14.7. The van der Waals surface area contributed by atoms with Crippen molar-refractivity contribution in [2.45, 2.75) is 31.3 Å². The minimum absolute atomic E-state index is 0.0322. The summed E-state index contributed by atoms with van der Waals surface area (Å²) in [7, 11) is 4.19. The van der Waals surface area contributed by atoms with Crippen molar-refractivity contribution in [1.29, 1.82) is 0 Å². The molecule has 2 amide bonds. The Bertz CT molecular complexity index is 1790. The van der Waals surface area contributed by atoms with Crippen LogP contribution in [0.2, 0.25) is 5.02 Å². The molecule has 4 aromatic rings. The van der Waals surface area contributed by atoms with Gasteiger partial charge in [-0.15, -0.1) is 5.10 Å². The van der Waals surface area contributed by atoms with Gasteiger partial charge in [-0.05, 0) is 86.9 Å². The molecule has 0 radical (unpaired) electrons. The first-order chi connectivity index (χ1) is 22.1. The predicted molar refractivity (Wildman–Crippen MR) is 171 cm³/mol. The number of piperidine rings is 1. The normalized spacial score (nSPS) is 16.8. The number of anilines is 2. The number of rotatable bonds is 7. The summed E-state index contributed by atoms with van der Waals surface area (Å²) < 4.78 is 15.8. The number of carbonyl (C=O) groups is 3. The first kappa shape index (κ1) is 31.2. The Morgan fingerprint density at radius 2 is 1.67 bits per heavy atom. The molecule has 0 spiro atoms. The minimum atomic E-state index is -1.08. The lowest BCUT2D eigenvalue weighted by atomic mass is 9.89. The van der Waals surface area contributed by atoms with Gasteiger partial charge in [-0.1, -0.05) is 35.0 Å². The van der Waals surface area contributed by atoms with Crippen molar-refractivity contribution in [1.82, 2.24) is 24.8 Å². The monoisotopic (exact) mass is 645 g/mol. The smallest absolute Gasteiger partial charge is 0.335 e. The van der Waals surface area contributed by atoms with Crippen LogP contribution in [0, 0.1) is 5.82 Å². The molecule has 1 saturated heterocycles. The summed E-state index contributed by atoms with van der Waals surface area (Å²) in [6.07, 6.45) is 3.86. The highest BCUT2D eigenvalue weighted by Crippen LogP contribution is 2.38. The van der Waals surface area contributed by atoms with Crippen molar-refractivity contribution in [3.63, 3.8) is 0 Å².